The number of anilines is 2. The molecule has 1 heterocycles. The van der Waals surface area contributed by atoms with Crippen LogP contribution in [0, 0.1) is 0 Å². The molecule has 0 saturated carbocycles. The molecule has 7 heteroatoms. The minimum absolute atomic E-state index is 0.140. The molecule has 1 aromatic carbocycles. The van der Waals surface area contributed by atoms with Crippen molar-refractivity contribution < 1.29 is 9.47 Å². The first-order valence-electron chi connectivity index (χ1n) is 6.60. The summed E-state index contributed by atoms with van der Waals surface area (Å²) in [5.74, 6) is 1.42. The minimum atomic E-state index is 0.140. The second kappa shape index (κ2) is 6.74. The van der Waals surface area contributed by atoms with Crippen molar-refractivity contribution in [3.05, 3.63) is 29.8 Å². The topological polar surface area (TPSA) is 86.4 Å². The molecule has 0 amide bonds. The number of methoxy groups -OCH3 is 1. The zero-order valence-electron chi connectivity index (χ0n) is 12.4. The fourth-order valence-corrected chi connectivity index (χ4v) is 1.84. The molecule has 0 spiro atoms. The van der Waals surface area contributed by atoms with E-state index in [4.69, 9.17) is 15.2 Å². The highest BCUT2D eigenvalue weighted by atomic mass is 16.5. The minimum Gasteiger partial charge on any atom is -0.497 e. The van der Waals surface area contributed by atoms with E-state index in [0.717, 1.165) is 11.3 Å². The molecule has 0 aliphatic carbocycles. The number of nitrogen functional groups attached to an aromatic ring is 1. The molecule has 0 radical (unpaired) electrons. The molecule has 0 fully saturated rings. The first-order chi connectivity index (χ1) is 10.1. The number of nitrogens with zero attached hydrogens (tertiary/aromatic N) is 4. The maximum atomic E-state index is 5.68. The smallest absolute Gasteiger partial charge is 0.323 e. The Bertz CT molecular complexity index is 606. The predicted octanol–water partition coefficient (Wildman–Crippen LogP) is 1.50. The van der Waals surface area contributed by atoms with Gasteiger partial charge in [0.1, 0.15) is 5.75 Å². The van der Waals surface area contributed by atoms with E-state index in [9.17, 15) is 0 Å². The van der Waals surface area contributed by atoms with E-state index in [0.29, 0.717) is 19.1 Å². The number of rotatable bonds is 6. The lowest BCUT2D eigenvalue weighted by atomic mass is 10.2. The first-order valence-corrected chi connectivity index (χ1v) is 6.60. The van der Waals surface area contributed by atoms with Gasteiger partial charge in [-0.05, 0) is 24.6 Å². The molecule has 2 aromatic rings. The second-order valence-corrected chi connectivity index (χ2v) is 4.42. The highest BCUT2D eigenvalue weighted by molar-refractivity contribution is 5.37. The number of hydrogen-bond acceptors (Lipinski definition) is 7. The van der Waals surface area contributed by atoms with Crippen LogP contribution in [-0.2, 0) is 6.54 Å². The van der Waals surface area contributed by atoms with Crippen LogP contribution in [-0.4, -0.2) is 35.7 Å². The molecule has 7 nitrogen and oxygen atoms in total. The fourth-order valence-electron chi connectivity index (χ4n) is 1.84. The molecule has 0 aliphatic heterocycles. The average Bonchev–Trinajstić information content (AvgIpc) is 2.47. The Morgan fingerprint density at radius 3 is 2.76 bits per heavy atom. The monoisotopic (exact) mass is 289 g/mol. The Balaban J connectivity index is 2.17. The lowest BCUT2D eigenvalue weighted by molar-refractivity contribution is 0.312. The van der Waals surface area contributed by atoms with Crippen molar-refractivity contribution in [3.8, 4) is 11.8 Å². The standard InChI is InChI=1S/C14H19N5O2/c1-4-21-14-17-12(15)16-13(18-14)19(2)9-10-6-5-7-11(8-10)20-3/h5-8H,4,9H2,1-3H3,(H2,15,16,17,18). The van der Waals surface area contributed by atoms with E-state index < -0.39 is 0 Å². The third kappa shape index (κ3) is 3.95. The van der Waals surface area contributed by atoms with Crippen LogP contribution in [0.4, 0.5) is 11.9 Å². The SMILES string of the molecule is CCOc1nc(N)nc(N(C)Cc2cccc(OC)c2)n1. The molecule has 0 unspecified atom stereocenters. The maximum absolute atomic E-state index is 5.68. The third-order valence-electron chi connectivity index (χ3n) is 2.79. The quantitative estimate of drug-likeness (QED) is 0.862. The normalized spacial score (nSPS) is 10.2. The van der Waals surface area contributed by atoms with Gasteiger partial charge in [0.2, 0.25) is 11.9 Å². The average molecular weight is 289 g/mol. The van der Waals surface area contributed by atoms with Gasteiger partial charge in [-0.2, -0.15) is 15.0 Å². The van der Waals surface area contributed by atoms with E-state index in [2.05, 4.69) is 15.0 Å². The Hall–Kier alpha value is -2.57. The molecular formula is C14H19N5O2. The molecule has 2 rings (SSSR count). The predicted molar refractivity (Wildman–Crippen MR) is 80.5 cm³/mol. The second-order valence-electron chi connectivity index (χ2n) is 4.42. The summed E-state index contributed by atoms with van der Waals surface area (Å²) in [5, 5.41) is 0. The van der Waals surface area contributed by atoms with E-state index in [-0.39, 0.29) is 12.0 Å². The third-order valence-corrected chi connectivity index (χ3v) is 2.79. The van der Waals surface area contributed by atoms with E-state index in [1.54, 1.807) is 7.11 Å². The van der Waals surface area contributed by atoms with Gasteiger partial charge < -0.3 is 20.1 Å². The van der Waals surface area contributed by atoms with Crippen molar-refractivity contribution in [3.63, 3.8) is 0 Å². The van der Waals surface area contributed by atoms with Gasteiger partial charge in [-0.15, -0.1) is 0 Å². The molecular weight excluding hydrogens is 270 g/mol. The molecule has 0 bridgehead atoms. The van der Waals surface area contributed by atoms with Crippen LogP contribution >= 0.6 is 0 Å². The molecule has 112 valence electrons. The van der Waals surface area contributed by atoms with Crippen molar-refractivity contribution in [2.45, 2.75) is 13.5 Å². The fraction of sp³-hybridized carbons (Fsp3) is 0.357. The molecule has 0 aliphatic rings. The van der Waals surface area contributed by atoms with Crippen LogP contribution in [0.1, 0.15) is 12.5 Å². The van der Waals surface area contributed by atoms with Crippen LogP contribution in [0.3, 0.4) is 0 Å². The van der Waals surface area contributed by atoms with Gasteiger partial charge in [0.05, 0.1) is 13.7 Å². The number of hydrogen-bond donors (Lipinski definition) is 1. The summed E-state index contributed by atoms with van der Waals surface area (Å²) in [6, 6.07) is 8.04. The molecule has 0 atom stereocenters. The Morgan fingerprint density at radius 1 is 1.24 bits per heavy atom. The van der Waals surface area contributed by atoms with Crippen LogP contribution in [0.15, 0.2) is 24.3 Å². The van der Waals surface area contributed by atoms with E-state index >= 15 is 0 Å². The number of nitrogens with two attached hydrogens (primary N) is 1. The maximum Gasteiger partial charge on any atom is 0.323 e. The van der Waals surface area contributed by atoms with Crippen molar-refractivity contribution in [1.29, 1.82) is 0 Å². The van der Waals surface area contributed by atoms with Crippen LogP contribution in [0.2, 0.25) is 0 Å². The molecule has 21 heavy (non-hydrogen) atoms. The van der Waals surface area contributed by atoms with Gasteiger partial charge in [-0.1, -0.05) is 12.1 Å². The van der Waals surface area contributed by atoms with Crippen LogP contribution in [0.5, 0.6) is 11.8 Å². The van der Waals surface area contributed by atoms with Gasteiger partial charge in [-0.3, -0.25) is 0 Å². The molecule has 1 aromatic heterocycles. The Morgan fingerprint density at radius 2 is 2.05 bits per heavy atom. The summed E-state index contributed by atoms with van der Waals surface area (Å²) in [4.78, 5) is 14.2. The lowest BCUT2D eigenvalue weighted by Gasteiger charge is -2.18. The number of ether oxygens (including phenoxy) is 2. The highest BCUT2D eigenvalue weighted by Gasteiger charge is 2.10. The van der Waals surface area contributed by atoms with Crippen molar-refractivity contribution >= 4 is 11.9 Å². The summed E-state index contributed by atoms with van der Waals surface area (Å²) in [5.41, 5.74) is 6.76. The zero-order chi connectivity index (χ0) is 15.2. The zero-order valence-corrected chi connectivity index (χ0v) is 12.4. The number of benzene rings is 1. The lowest BCUT2D eigenvalue weighted by Crippen LogP contribution is -2.20. The Labute approximate surface area is 123 Å². The summed E-state index contributed by atoms with van der Waals surface area (Å²) >= 11 is 0. The van der Waals surface area contributed by atoms with Crippen molar-refractivity contribution in [2.75, 3.05) is 31.4 Å². The van der Waals surface area contributed by atoms with Gasteiger partial charge in [-0.25, -0.2) is 0 Å². The van der Waals surface area contributed by atoms with Crippen molar-refractivity contribution in [1.82, 2.24) is 15.0 Å². The van der Waals surface area contributed by atoms with Gasteiger partial charge in [0, 0.05) is 13.6 Å². The first kappa shape index (κ1) is 14.8. The molecule has 0 saturated heterocycles. The summed E-state index contributed by atoms with van der Waals surface area (Å²) in [6.45, 7) is 2.95. The number of aromatic nitrogens is 3. The summed E-state index contributed by atoms with van der Waals surface area (Å²) in [6.07, 6.45) is 0. The van der Waals surface area contributed by atoms with Gasteiger partial charge in [0.25, 0.3) is 0 Å². The van der Waals surface area contributed by atoms with Crippen LogP contribution < -0.4 is 20.1 Å². The van der Waals surface area contributed by atoms with Gasteiger partial charge >= 0.3 is 6.01 Å². The van der Waals surface area contributed by atoms with Crippen molar-refractivity contribution in [2.24, 2.45) is 0 Å². The summed E-state index contributed by atoms with van der Waals surface area (Å²) in [7, 11) is 3.52. The molecule has 2 N–H and O–H groups in total. The van der Waals surface area contributed by atoms with E-state index in [1.165, 1.54) is 0 Å². The largest absolute Gasteiger partial charge is 0.497 e. The highest BCUT2D eigenvalue weighted by Crippen LogP contribution is 2.17. The van der Waals surface area contributed by atoms with Gasteiger partial charge in [0.15, 0.2) is 0 Å². The summed E-state index contributed by atoms with van der Waals surface area (Å²) < 4.78 is 10.5. The van der Waals surface area contributed by atoms with Crippen LogP contribution in [0.25, 0.3) is 0 Å². The van der Waals surface area contributed by atoms with E-state index in [1.807, 2.05) is 43.1 Å². The Kier molecular flexibility index (Phi) is 4.76.